The molecule has 4 heteroatoms. The van der Waals surface area contributed by atoms with Crippen molar-refractivity contribution >= 4 is 10.9 Å². The van der Waals surface area contributed by atoms with E-state index >= 15 is 0 Å². The van der Waals surface area contributed by atoms with Crippen LogP contribution in [-0.4, -0.2) is 30.1 Å². The Morgan fingerprint density at radius 2 is 2.12 bits per heavy atom. The van der Waals surface area contributed by atoms with Crippen molar-refractivity contribution in [1.82, 2.24) is 9.47 Å². The third kappa shape index (κ3) is 2.06. The summed E-state index contributed by atoms with van der Waals surface area (Å²) in [5, 5.41) is 0.941. The van der Waals surface area contributed by atoms with Gasteiger partial charge in [-0.1, -0.05) is 0 Å². The van der Waals surface area contributed by atoms with E-state index < -0.39 is 0 Å². The number of rotatable bonds is 3. The number of hydrogen-bond donors (Lipinski definition) is 1. The summed E-state index contributed by atoms with van der Waals surface area (Å²) >= 11 is 0. The lowest BCUT2D eigenvalue weighted by Gasteiger charge is -2.22. The average Bonchev–Trinajstić information content (AvgIpc) is 2.56. The van der Waals surface area contributed by atoms with E-state index in [1.165, 1.54) is 6.07 Å². The molecule has 0 aliphatic heterocycles. The fourth-order valence-electron chi connectivity index (χ4n) is 2.28. The van der Waals surface area contributed by atoms with Crippen molar-refractivity contribution in [2.24, 2.45) is 12.8 Å². The number of aryl methyl sites for hydroxylation is 1. The lowest BCUT2D eigenvalue weighted by molar-refractivity contribution is 0.307. The average molecular weight is 235 g/mol. The summed E-state index contributed by atoms with van der Waals surface area (Å²) in [5.74, 6) is -0.209. The van der Waals surface area contributed by atoms with Crippen LogP contribution in [0, 0.1) is 5.82 Å². The monoisotopic (exact) mass is 235 g/mol. The van der Waals surface area contributed by atoms with Crippen LogP contribution < -0.4 is 5.73 Å². The minimum atomic E-state index is -0.209. The maximum Gasteiger partial charge on any atom is 0.123 e. The van der Waals surface area contributed by atoms with E-state index in [-0.39, 0.29) is 11.9 Å². The molecule has 1 unspecified atom stereocenters. The Balaban J connectivity index is 2.64. The first-order valence-corrected chi connectivity index (χ1v) is 5.65. The van der Waals surface area contributed by atoms with Gasteiger partial charge in [-0.15, -0.1) is 0 Å². The van der Waals surface area contributed by atoms with E-state index in [1.54, 1.807) is 12.1 Å². The Morgan fingerprint density at radius 1 is 1.41 bits per heavy atom. The van der Waals surface area contributed by atoms with Crippen LogP contribution in [0.25, 0.3) is 10.9 Å². The molecule has 0 aliphatic rings. The zero-order valence-electron chi connectivity index (χ0n) is 10.4. The second-order valence-electron chi connectivity index (χ2n) is 4.57. The van der Waals surface area contributed by atoms with Crippen molar-refractivity contribution in [2.45, 2.75) is 6.04 Å². The standard InChI is InChI=1S/C13H18FN3/c1-16(2)13(7-15)11-8-17(3)12-5-4-9(14)6-10(11)12/h4-6,8,13H,7,15H2,1-3H3. The zero-order valence-corrected chi connectivity index (χ0v) is 10.4. The quantitative estimate of drug-likeness (QED) is 0.881. The van der Waals surface area contributed by atoms with Gasteiger partial charge in [0.25, 0.3) is 0 Å². The SMILES string of the molecule is CN(C)C(CN)c1cn(C)c2ccc(F)cc12. The highest BCUT2D eigenvalue weighted by atomic mass is 19.1. The number of nitrogens with zero attached hydrogens (tertiary/aromatic N) is 2. The Hall–Kier alpha value is -1.39. The van der Waals surface area contributed by atoms with Gasteiger partial charge in [0.15, 0.2) is 0 Å². The largest absolute Gasteiger partial charge is 0.350 e. The molecule has 3 nitrogen and oxygen atoms in total. The summed E-state index contributed by atoms with van der Waals surface area (Å²) in [6, 6.07) is 4.98. The molecule has 0 saturated carbocycles. The number of benzene rings is 1. The van der Waals surface area contributed by atoms with Crippen molar-refractivity contribution in [3.05, 3.63) is 35.8 Å². The highest BCUT2D eigenvalue weighted by molar-refractivity contribution is 5.84. The van der Waals surface area contributed by atoms with Crippen molar-refractivity contribution < 1.29 is 4.39 Å². The van der Waals surface area contributed by atoms with Gasteiger partial charge in [0.05, 0.1) is 0 Å². The Morgan fingerprint density at radius 3 is 2.71 bits per heavy atom. The van der Waals surface area contributed by atoms with Crippen LogP contribution in [0.15, 0.2) is 24.4 Å². The van der Waals surface area contributed by atoms with Crippen LogP contribution in [0.4, 0.5) is 4.39 Å². The second-order valence-corrected chi connectivity index (χ2v) is 4.57. The predicted molar refractivity (Wildman–Crippen MR) is 68.4 cm³/mol. The molecular weight excluding hydrogens is 217 g/mol. The van der Waals surface area contributed by atoms with Gasteiger partial charge >= 0.3 is 0 Å². The molecule has 0 spiro atoms. The molecule has 0 saturated heterocycles. The highest BCUT2D eigenvalue weighted by Crippen LogP contribution is 2.28. The molecule has 0 amide bonds. The smallest absolute Gasteiger partial charge is 0.123 e. The van der Waals surface area contributed by atoms with Gasteiger partial charge in [0, 0.05) is 36.7 Å². The van der Waals surface area contributed by atoms with Crippen molar-refractivity contribution in [2.75, 3.05) is 20.6 Å². The third-order valence-electron chi connectivity index (χ3n) is 3.19. The van der Waals surface area contributed by atoms with Crippen LogP contribution in [0.1, 0.15) is 11.6 Å². The van der Waals surface area contributed by atoms with Gasteiger partial charge in [0.1, 0.15) is 5.82 Å². The molecule has 0 fully saturated rings. The maximum absolute atomic E-state index is 13.3. The van der Waals surface area contributed by atoms with E-state index in [0.717, 1.165) is 16.5 Å². The lowest BCUT2D eigenvalue weighted by Crippen LogP contribution is -2.27. The first-order chi connectivity index (χ1) is 8.04. The van der Waals surface area contributed by atoms with E-state index in [0.29, 0.717) is 6.54 Å². The van der Waals surface area contributed by atoms with Gasteiger partial charge in [0.2, 0.25) is 0 Å². The molecule has 1 aromatic carbocycles. The van der Waals surface area contributed by atoms with Crippen molar-refractivity contribution in [1.29, 1.82) is 0 Å². The van der Waals surface area contributed by atoms with E-state index in [1.807, 2.05) is 31.9 Å². The molecule has 0 bridgehead atoms. The number of likely N-dealkylation sites (N-methyl/N-ethyl adjacent to an activating group) is 1. The fourth-order valence-corrected chi connectivity index (χ4v) is 2.28. The number of hydrogen-bond acceptors (Lipinski definition) is 2. The molecule has 2 rings (SSSR count). The van der Waals surface area contributed by atoms with E-state index in [4.69, 9.17) is 5.73 Å². The second kappa shape index (κ2) is 4.47. The molecule has 1 atom stereocenters. The van der Waals surface area contributed by atoms with Crippen LogP contribution in [0.2, 0.25) is 0 Å². The van der Waals surface area contributed by atoms with Gasteiger partial charge in [-0.3, -0.25) is 0 Å². The summed E-state index contributed by atoms with van der Waals surface area (Å²) < 4.78 is 15.4. The Bertz CT molecular complexity index is 531. The van der Waals surface area contributed by atoms with Gasteiger partial charge in [-0.05, 0) is 37.9 Å². The minimum Gasteiger partial charge on any atom is -0.350 e. The van der Waals surface area contributed by atoms with E-state index in [9.17, 15) is 4.39 Å². The Labute approximate surface area is 101 Å². The van der Waals surface area contributed by atoms with E-state index in [2.05, 4.69) is 4.90 Å². The third-order valence-corrected chi connectivity index (χ3v) is 3.19. The van der Waals surface area contributed by atoms with Crippen LogP contribution in [0.5, 0.6) is 0 Å². The summed E-state index contributed by atoms with van der Waals surface area (Å²) in [5.41, 5.74) is 7.91. The van der Waals surface area contributed by atoms with Crippen molar-refractivity contribution in [3.63, 3.8) is 0 Å². The number of aromatic nitrogens is 1. The van der Waals surface area contributed by atoms with Crippen molar-refractivity contribution in [3.8, 4) is 0 Å². The normalized spacial score (nSPS) is 13.5. The zero-order chi connectivity index (χ0) is 12.6. The first-order valence-electron chi connectivity index (χ1n) is 5.65. The summed E-state index contributed by atoms with van der Waals surface area (Å²) in [7, 11) is 5.93. The van der Waals surface area contributed by atoms with Crippen LogP contribution in [-0.2, 0) is 7.05 Å². The molecule has 2 aromatic rings. The Kier molecular flexibility index (Phi) is 3.17. The minimum absolute atomic E-state index is 0.112. The number of fused-ring (bicyclic) bond motifs is 1. The van der Waals surface area contributed by atoms with Gasteiger partial charge in [-0.25, -0.2) is 4.39 Å². The molecule has 1 heterocycles. The molecule has 92 valence electrons. The summed E-state index contributed by atoms with van der Waals surface area (Å²) in [6.45, 7) is 0.516. The van der Waals surface area contributed by atoms with Gasteiger partial charge < -0.3 is 15.2 Å². The molecule has 2 N–H and O–H groups in total. The fraction of sp³-hybridized carbons (Fsp3) is 0.385. The van der Waals surface area contributed by atoms with Crippen LogP contribution in [0.3, 0.4) is 0 Å². The summed E-state index contributed by atoms with van der Waals surface area (Å²) in [4.78, 5) is 2.06. The molecular formula is C13H18FN3. The molecule has 0 radical (unpaired) electrons. The van der Waals surface area contributed by atoms with Crippen LogP contribution >= 0.6 is 0 Å². The number of nitrogens with two attached hydrogens (primary N) is 1. The first kappa shape index (κ1) is 12.1. The lowest BCUT2D eigenvalue weighted by atomic mass is 10.1. The van der Waals surface area contributed by atoms with Gasteiger partial charge in [-0.2, -0.15) is 0 Å². The predicted octanol–water partition coefficient (Wildman–Crippen LogP) is 1.88. The maximum atomic E-state index is 13.3. The highest BCUT2D eigenvalue weighted by Gasteiger charge is 2.17. The topological polar surface area (TPSA) is 34.2 Å². The summed E-state index contributed by atoms with van der Waals surface area (Å²) in [6.07, 6.45) is 2.03. The number of halogens is 1. The molecule has 1 aromatic heterocycles. The molecule has 17 heavy (non-hydrogen) atoms. The molecule has 0 aliphatic carbocycles.